The molecule has 0 fully saturated rings. The molecule has 0 N–H and O–H groups in total. The van der Waals surface area contributed by atoms with Gasteiger partial charge in [0.2, 0.25) is 0 Å². The maximum atomic E-state index is 6.26. The molecule has 0 atom stereocenters. The molecule has 0 aliphatic heterocycles. The van der Waals surface area contributed by atoms with E-state index in [9.17, 15) is 0 Å². The van der Waals surface area contributed by atoms with Crippen LogP contribution in [-0.4, -0.2) is 16.2 Å². The highest BCUT2D eigenvalue weighted by Crippen LogP contribution is 2.39. The number of fused-ring (bicyclic) bond motifs is 7. The molecule has 0 radical (unpaired) electrons. The van der Waals surface area contributed by atoms with Crippen LogP contribution in [0.4, 0.5) is 5.69 Å². The molecule has 46 heavy (non-hydrogen) atoms. The van der Waals surface area contributed by atoms with Crippen molar-refractivity contribution < 1.29 is 13.3 Å². The van der Waals surface area contributed by atoms with Crippen molar-refractivity contribution in [2.75, 3.05) is 0 Å². The van der Waals surface area contributed by atoms with Crippen molar-refractivity contribution >= 4 is 66.9 Å². The van der Waals surface area contributed by atoms with Crippen molar-refractivity contribution in [2.45, 2.75) is 20.3 Å². The molecule has 0 aliphatic carbocycles. The van der Waals surface area contributed by atoms with E-state index in [1.54, 1.807) is 6.20 Å². The summed E-state index contributed by atoms with van der Waals surface area (Å²) in [4.78, 5) is 13.8. The van der Waals surface area contributed by atoms with Crippen LogP contribution in [0.1, 0.15) is 19.1 Å². The molecule has 9 rings (SSSR count). The number of aliphatic imine (C=N–C) groups is 1. The second kappa shape index (κ2) is 10.3. The molecule has 5 heterocycles. The first-order chi connectivity index (χ1) is 22.6. The van der Waals surface area contributed by atoms with Crippen LogP contribution in [0, 0.1) is 6.92 Å². The molecule has 220 valence electrons. The molecule has 0 bridgehead atoms. The molecule has 0 saturated heterocycles. The van der Waals surface area contributed by atoms with Gasteiger partial charge in [0.25, 0.3) is 0 Å². The van der Waals surface area contributed by atoms with Gasteiger partial charge in [-0.25, -0.2) is 0 Å². The van der Waals surface area contributed by atoms with Crippen molar-refractivity contribution in [3.8, 4) is 33.4 Å². The van der Waals surface area contributed by atoms with Crippen LogP contribution in [0.15, 0.2) is 128 Å². The minimum Gasteiger partial charge on any atom is -0.459 e. The molecule has 4 aromatic carbocycles. The van der Waals surface area contributed by atoms with Crippen molar-refractivity contribution in [1.82, 2.24) is 9.97 Å². The molecule has 5 aromatic heterocycles. The zero-order chi connectivity index (χ0) is 30.8. The minimum absolute atomic E-state index is 0.792. The number of pyridine rings is 2. The van der Waals surface area contributed by atoms with Gasteiger partial charge in [-0.1, -0.05) is 31.2 Å². The lowest BCUT2D eigenvalue weighted by Gasteiger charge is -2.06. The summed E-state index contributed by atoms with van der Waals surface area (Å²) >= 11 is 0. The van der Waals surface area contributed by atoms with Gasteiger partial charge in [-0.3, -0.25) is 15.0 Å². The van der Waals surface area contributed by atoms with Crippen LogP contribution in [-0.2, 0) is 0 Å². The van der Waals surface area contributed by atoms with Gasteiger partial charge in [0.1, 0.15) is 39.3 Å². The molecule has 6 heteroatoms. The minimum atomic E-state index is 0.792. The number of nitrogens with zero attached hydrogens (tertiary/aromatic N) is 3. The standard InChI is InChI=1S/C40H27N3O3/c1-3-14-42-39-23(2)44-36-12-9-27(20-32(36)39)29-16-28(21-41-22-29)26-8-11-35-31(18-26)30-17-24(6-10-34(30)45-35)25-7-13-37-33(19-25)40-38(46-37)5-4-15-43-40/h4-22H,3H2,1-2H3. The van der Waals surface area contributed by atoms with E-state index in [0.29, 0.717) is 0 Å². The first-order valence-corrected chi connectivity index (χ1v) is 15.4. The second-order valence-corrected chi connectivity index (χ2v) is 11.6. The average Bonchev–Trinajstić information content (AvgIpc) is 3.76. The van der Waals surface area contributed by atoms with Crippen LogP contribution >= 0.6 is 0 Å². The van der Waals surface area contributed by atoms with Crippen molar-refractivity contribution in [3.63, 3.8) is 0 Å². The lowest BCUT2D eigenvalue weighted by Crippen LogP contribution is -1.84. The first kappa shape index (κ1) is 26.4. The third kappa shape index (κ3) is 4.22. The van der Waals surface area contributed by atoms with E-state index < -0.39 is 0 Å². The number of hydrogen-bond acceptors (Lipinski definition) is 6. The number of aromatic nitrogens is 2. The number of furan rings is 3. The molecule has 0 aliphatic rings. The lowest BCUT2D eigenvalue weighted by molar-refractivity contribution is 0.579. The largest absolute Gasteiger partial charge is 0.459 e. The summed E-state index contributed by atoms with van der Waals surface area (Å²) < 4.78 is 18.2. The summed E-state index contributed by atoms with van der Waals surface area (Å²) in [6, 6.07) is 31.2. The quantitative estimate of drug-likeness (QED) is 0.184. The van der Waals surface area contributed by atoms with Crippen LogP contribution < -0.4 is 0 Å². The van der Waals surface area contributed by atoms with Gasteiger partial charge in [0.15, 0.2) is 5.58 Å². The van der Waals surface area contributed by atoms with E-state index in [1.165, 1.54) is 0 Å². The Balaban J connectivity index is 1.12. The van der Waals surface area contributed by atoms with E-state index in [4.69, 9.17) is 13.3 Å². The molecule has 0 saturated carbocycles. The second-order valence-electron chi connectivity index (χ2n) is 11.6. The Labute approximate surface area is 263 Å². The predicted molar refractivity (Wildman–Crippen MR) is 186 cm³/mol. The fourth-order valence-electron chi connectivity index (χ4n) is 6.40. The summed E-state index contributed by atoms with van der Waals surface area (Å²) in [6.45, 7) is 4.04. The smallest absolute Gasteiger partial charge is 0.153 e. The lowest BCUT2D eigenvalue weighted by atomic mass is 9.98. The van der Waals surface area contributed by atoms with Gasteiger partial charge in [0.05, 0.1) is 0 Å². The van der Waals surface area contributed by atoms with Gasteiger partial charge < -0.3 is 13.3 Å². The van der Waals surface area contributed by atoms with Gasteiger partial charge in [-0.15, -0.1) is 0 Å². The van der Waals surface area contributed by atoms with E-state index in [0.717, 1.165) is 106 Å². The first-order valence-electron chi connectivity index (χ1n) is 15.4. The maximum absolute atomic E-state index is 6.26. The zero-order valence-corrected chi connectivity index (χ0v) is 25.2. The topological polar surface area (TPSA) is 77.6 Å². The van der Waals surface area contributed by atoms with Gasteiger partial charge in [-0.2, -0.15) is 0 Å². The van der Waals surface area contributed by atoms with E-state index in [2.05, 4.69) is 82.5 Å². The Hall–Kier alpha value is -6.01. The fraction of sp³-hybridized carbons (Fsp3) is 0.0750. The molecule has 6 nitrogen and oxygen atoms in total. The predicted octanol–water partition coefficient (Wildman–Crippen LogP) is 11.4. The summed E-state index contributed by atoms with van der Waals surface area (Å²) in [5.41, 5.74) is 12.3. The maximum Gasteiger partial charge on any atom is 0.153 e. The summed E-state index contributed by atoms with van der Waals surface area (Å²) in [6.07, 6.45) is 8.40. The number of hydrogen-bond donors (Lipinski definition) is 0. The summed E-state index contributed by atoms with van der Waals surface area (Å²) in [5.74, 6) is 0.819. The monoisotopic (exact) mass is 597 g/mol. The van der Waals surface area contributed by atoms with Crippen LogP contribution in [0.5, 0.6) is 0 Å². The highest BCUT2D eigenvalue weighted by Gasteiger charge is 2.15. The van der Waals surface area contributed by atoms with Crippen molar-refractivity contribution in [2.24, 2.45) is 4.99 Å². The Bertz CT molecular complexity index is 2660. The Morgan fingerprint density at radius 2 is 1.13 bits per heavy atom. The highest BCUT2D eigenvalue weighted by molar-refractivity contribution is 6.09. The molecule has 9 aromatic rings. The number of rotatable bonds is 5. The summed E-state index contributed by atoms with van der Waals surface area (Å²) in [5, 5.41) is 4.13. The molecule has 0 spiro atoms. The van der Waals surface area contributed by atoms with Crippen LogP contribution in [0.25, 0.3) is 88.4 Å². The van der Waals surface area contributed by atoms with Gasteiger partial charge >= 0.3 is 0 Å². The SMILES string of the molecule is CCC=Nc1c(C)oc2ccc(-c3cncc(-c4ccc5oc6ccc(-c7ccc8oc9cccnc9c8c7)cc6c5c4)c3)cc12. The normalized spacial score (nSPS) is 12.1. The number of benzene rings is 4. The van der Waals surface area contributed by atoms with Crippen LogP contribution in [0.2, 0.25) is 0 Å². The van der Waals surface area contributed by atoms with E-state index in [1.807, 2.05) is 55.9 Å². The van der Waals surface area contributed by atoms with Crippen LogP contribution in [0.3, 0.4) is 0 Å². The van der Waals surface area contributed by atoms with Crippen molar-refractivity contribution in [1.29, 1.82) is 0 Å². The summed E-state index contributed by atoms with van der Waals surface area (Å²) in [7, 11) is 0. The Morgan fingerprint density at radius 3 is 1.78 bits per heavy atom. The average molecular weight is 598 g/mol. The van der Waals surface area contributed by atoms with E-state index in [-0.39, 0.29) is 0 Å². The van der Waals surface area contributed by atoms with Gasteiger partial charge in [-0.05, 0) is 102 Å². The Morgan fingerprint density at radius 1 is 0.587 bits per heavy atom. The van der Waals surface area contributed by atoms with Crippen molar-refractivity contribution in [3.05, 3.63) is 115 Å². The molecular formula is C40H27N3O3. The molecule has 0 amide bonds. The highest BCUT2D eigenvalue weighted by atomic mass is 16.3. The Kier molecular flexibility index (Phi) is 5.90. The fourth-order valence-corrected chi connectivity index (χ4v) is 6.40. The molecular weight excluding hydrogens is 570 g/mol. The third-order valence-electron chi connectivity index (χ3n) is 8.67. The third-order valence-corrected chi connectivity index (χ3v) is 8.67. The zero-order valence-electron chi connectivity index (χ0n) is 25.2. The van der Waals surface area contributed by atoms with Gasteiger partial charge in [0, 0.05) is 57.5 Å². The molecule has 0 unspecified atom stereocenters. The number of aryl methyl sites for hydroxylation is 1. The van der Waals surface area contributed by atoms with E-state index >= 15 is 0 Å².